The summed E-state index contributed by atoms with van der Waals surface area (Å²) in [5, 5.41) is 9.15. The van der Waals surface area contributed by atoms with E-state index in [2.05, 4.69) is 250 Å². The molecule has 0 amide bonds. The Morgan fingerprint density at radius 2 is 0.646 bits per heavy atom. The van der Waals surface area contributed by atoms with Gasteiger partial charge in [0.05, 0.1) is 44.2 Å². The van der Waals surface area contributed by atoms with Gasteiger partial charge in [-0.25, -0.2) is 15.0 Å². The van der Waals surface area contributed by atoms with Gasteiger partial charge in [0.1, 0.15) is 11.2 Å². The molecular formula is C75H46N6O. The lowest BCUT2D eigenvalue weighted by Gasteiger charge is -2.22. The molecule has 0 fully saturated rings. The van der Waals surface area contributed by atoms with Gasteiger partial charge in [-0.2, -0.15) is 0 Å². The Morgan fingerprint density at radius 3 is 1.13 bits per heavy atom. The van der Waals surface area contributed by atoms with Crippen LogP contribution in [0.15, 0.2) is 283 Å². The van der Waals surface area contributed by atoms with Crippen LogP contribution in [0.5, 0.6) is 0 Å². The average molecular weight is 1050 g/mol. The topological polar surface area (TPSA) is 66.6 Å². The van der Waals surface area contributed by atoms with Crippen molar-refractivity contribution in [3.8, 4) is 73.5 Å². The zero-order valence-corrected chi connectivity index (χ0v) is 44.1. The van der Waals surface area contributed by atoms with Crippen LogP contribution in [-0.2, 0) is 0 Å². The summed E-state index contributed by atoms with van der Waals surface area (Å²) in [6.07, 6.45) is 0. The SMILES string of the molecule is c1ccc(-c2nc(-c3ccccc3)nc(-c3cc(-c4cccc(-n5c6ccccc6c6ccccc65)c4)c(-n4c5ccccc5c5c6oc7ccccc7c6ccc54)c(-c4cccc(-n5c6ccccc6c6ccccc65)c4)c3)n2)cc1. The number of hydrogen-bond acceptors (Lipinski definition) is 4. The molecule has 0 spiro atoms. The molecule has 17 aromatic rings. The number of rotatable bonds is 8. The molecule has 0 atom stereocenters. The summed E-state index contributed by atoms with van der Waals surface area (Å²) in [4.78, 5) is 16.0. The summed E-state index contributed by atoms with van der Waals surface area (Å²) in [6, 6.07) is 99.6. The number of aromatic nitrogens is 6. The highest BCUT2D eigenvalue weighted by Crippen LogP contribution is 2.47. The normalized spacial score (nSPS) is 11.9. The van der Waals surface area contributed by atoms with Gasteiger partial charge >= 0.3 is 0 Å². The van der Waals surface area contributed by atoms with Crippen LogP contribution in [0.3, 0.4) is 0 Å². The second kappa shape index (κ2) is 18.2. The van der Waals surface area contributed by atoms with Crippen LogP contribution in [0.1, 0.15) is 0 Å². The number of nitrogens with zero attached hydrogens (tertiary/aromatic N) is 6. The Morgan fingerprint density at radius 1 is 0.256 bits per heavy atom. The zero-order valence-electron chi connectivity index (χ0n) is 44.1. The van der Waals surface area contributed by atoms with Gasteiger partial charge in [-0.3, -0.25) is 0 Å². The largest absolute Gasteiger partial charge is 0.455 e. The number of fused-ring (bicyclic) bond motifs is 13. The molecule has 0 radical (unpaired) electrons. The van der Waals surface area contributed by atoms with Crippen LogP contribution in [0.25, 0.3) is 161 Å². The minimum atomic E-state index is 0.560. The van der Waals surface area contributed by atoms with E-state index in [1.54, 1.807) is 0 Å². The first kappa shape index (κ1) is 45.8. The van der Waals surface area contributed by atoms with Crippen molar-refractivity contribution in [2.24, 2.45) is 0 Å². The van der Waals surface area contributed by atoms with Crippen LogP contribution < -0.4 is 0 Å². The number of benzene rings is 12. The van der Waals surface area contributed by atoms with Crippen LogP contribution >= 0.6 is 0 Å². The Balaban J connectivity index is 1.02. The third-order valence-electron chi connectivity index (χ3n) is 16.5. The maximum Gasteiger partial charge on any atom is 0.164 e. The summed E-state index contributed by atoms with van der Waals surface area (Å²) in [5.74, 6) is 1.75. The summed E-state index contributed by atoms with van der Waals surface area (Å²) < 4.78 is 14.2. The highest BCUT2D eigenvalue weighted by Gasteiger charge is 2.26. The van der Waals surface area contributed by atoms with Crippen molar-refractivity contribution in [3.05, 3.63) is 279 Å². The molecule has 7 nitrogen and oxygen atoms in total. The first-order valence-corrected chi connectivity index (χ1v) is 27.8. The van der Waals surface area contributed by atoms with E-state index < -0.39 is 0 Å². The standard InChI is InChI=1S/C75H46N6O/c1-3-21-47(22-4-1)73-76-74(48-23-5-2-6-24-48)78-75(77-73)51-45-61(49-25-19-27-52(43-49)79-63-35-13-7-29-54(63)55-30-8-14-36-64(55)79)71(81-67-39-17-11-34-60(67)70-68(81)42-41-59-58-33-12-18-40-69(58)82-72(59)70)62(46-51)50-26-20-28-53(44-50)80-65-37-15-9-31-56(65)57-32-10-16-38-66(57)80/h1-46H. The molecule has 0 aliphatic carbocycles. The highest BCUT2D eigenvalue weighted by atomic mass is 16.3. The molecule has 12 aromatic carbocycles. The van der Waals surface area contributed by atoms with E-state index in [9.17, 15) is 0 Å². The Bertz CT molecular complexity index is 5070. The summed E-state index contributed by atoms with van der Waals surface area (Å²) >= 11 is 0. The van der Waals surface area contributed by atoms with Crippen molar-refractivity contribution in [1.82, 2.24) is 28.7 Å². The molecule has 0 aliphatic heterocycles. The predicted molar refractivity (Wildman–Crippen MR) is 337 cm³/mol. The van der Waals surface area contributed by atoms with Gasteiger partial charge in [-0.1, -0.05) is 194 Å². The lowest BCUT2D eigenvalue weighted by atomic mass is 9.92. The lowest BCUT2D eigenvalue weighted by Crippen LogP contribution is -2.05. The first-order chi connectivity index (χ1) is 40.7. The van der Waals surface area contributed by atoms with Gasteiger partial charge in [-0.15, -0.1) is 0 Å². The number of para-hydroxylation sites is 6. The maximum absolute atomic E-state index is 6.94. The molecule has 0 saturated heterocycles. The summed E-state index contributed by atoms with van der Waals surface area (Å²) in [7, 11) is 0. The maximum atomic E-state index is 6.94. The van der Waals surface area contributed by atoms with E-state index in [1.165, 1.54) is 21.5 Å². The van der Waals surface area contributed by atoms with Crippen LogP contribution in [-0.4, -0.2) is 28.7 Å². The molecule has 382 valence electrons. The average Bonchev–Trinajstić information content (AvgIpc) is 3.31. The van der Waals surface area contributed by atoms with Crippen molar-refractivity contribution in [3.63, 3.8) is 0 Å². The fraction of sp³-hybridized carbons (Fsp3) is 0. The van der Waals surface area contributed by atoms with Crippen molar-refractivity contribution in [2.45, 2.75) is 0 Å². The number of hydrogen-bond donors (Lipinski definition) is 0. The van der Waals surface area contributed by atoms with Crippen LogP contribution in [0.2, 0.25) is 0 Å². The smallest absolute Gasteiger partial charge is 0.164 e. The van der Waals surface area contributed by atoms with Gasteiger partial charge in [-0.05, 0) is 96.1 Å². The molecule has 5 aromatic heterocycles. The van der Waals surface area contributed by atoms with Gasteiger partial charge in [0.15, 0.2) is 17.5 Å². The second-order valence-electron chi connectivity index (χ2n) is 21.1. The van der Waals surface area contributed by atoms with Crippen molar-refractivity contribution < 1.29 is 4.42 Å². The van der Waals surface area contributed by atoms with Gasteiger partial charge < -0.3 is 18.1 Å². The molecule has 82 heavy (non-hydrogen) atoms. The van der Waals surface area contributed by atoms with Gasteiger partial charge in [0.2, 0.25) is 0 Å². The Hall–Kier alpha value is -11.2. The molecule has 7 heteroatoms. The minimum absolute atomic E-state index is 0.560. The van der Waals surface area contributed by atoms with E-state index in [0.29, 0.717) is 17.5 Å². The highest BCUT2D eigenvalue weighted by molar-refractivity contribution is 6.24. The molecule has 0 aliphatic rings. The second-order valence-corrected chi connectivity index (χ2v) is 21.1. The zero-order chi connectivity index (χ0) is 53.8. The van der Waals surface area contributed by atoms with Crippen molar-refractivity contribution in [1.29, 1.82) is 0 Å². The predicted octanol–water partition coefficient (Wildman–Crippen LogP) is 19.4. The van der Waals surface area contributed by atoms with Crippen molar-refractivity contribution in [2.75, 3.05) is 0 Å². The fourth-order valence-corrected chi connectivity index (χ4v) is 12.9. The quantitative estimate of drug-likeness (QED) is 0.152. The van der Waals surface area contributed by atoms with E-state index in [4.69, 9.17) is 19.4 Å². The van der Waals surface area contributed by atoms with E-state index in [0.717, 1.165) is 122 Å². The third kappa shape index (κ3) is 7.06. The van der Waals surface area contributed by atoms with E-state index in [1.807, 2.05) is 42.5 Å². The van der Waals surface area contributed by atoms with Crippen molar-refractivity contribution >= 4 is 87.4 Å². The molecule has 0 bridgehead atoms. The Labute approximate surface area is 470 Å². The van der Waals surface area contributed by atoms with Gasteiger partial charge in [0.25, 0.3) is 0 Å². The van der Waals surface area contributed by atoms with Gasteiger partial charge in [0, 0.05) is 76.9 Å². The molecule has 0 unspecified atom stereocenters. The first-order valence-electron chi connectivity index (χ1n) is 27.8. The molecule has 5 heterocycles. The minimum Gasteiger partial charge on any atom is -0.455 e. The van der Waals surface area contributed by atoms with E-state index in [-0.39, 0.29) is 0 Å². The third-order valence-corrected chi connectivity index (χ3v) is 16.5. The molecule has 0 saturated carbocycles. The number of furan rings is 1. The molecule has 17 rings (SSSR count). The summed E-state index contributed by atoms with van der Waals surface area (Å²) in [6.45, 7) is 0. The fourth-order valence-electron chi connectivity index (χ4n) is 12.9. The molecular weight excluding hydrogens is 1000 g/mol. The van der Waals surface area contributed by atoms with E-state index >= 15 is 0 Å². The van der Waals surface area contributed by atoms with Crippen LogP contribution in [0, 0.1) is 0 Å². The molecule has 0 N–H and O–H groups in total. The van der Waals surface area contributed by atoms with Crippen LogP contribution in [0.4, 0.5) is 0 Å². The monoisotopic (exact) mass is 1050 g/mol. The lowest BCUT2D eigenvalue weighted by molar-refractivity contribution is 0.673. The summed E-state index contributed by atoms with van der Waals surface area (Å²) in [5.41, 5.74) is 18.1. The Kier molecular flexibility index (Phi) is 10.2.